The van der Waals surface area contributed by atoms with Crippen LogP contribution in [0, 0.1) is 24.0 Å². The van der Waals surface area contributed by atoms with Crippen LogP contribution in [0.25, 0.3) is 0 Å². The zero-order valence-electron chi connectivity index (χ0n) is 16.0. The molecule has 0 aromatic heterocycles. The lowest BCUT2D eigenvalue weighted by atomic mass is 10.1. The molecule has 0 saturated heterocycles. The number of nitro groups is 1. The quantitative estimate of drug-likeness (QED) is 0.433. The van der Waals surface area contributed by atoms with Crippen molar-refractivity contribution in [2.45, 2.75) is 33.6 Å². The van der Waals surface area contributed by atoms with Gasteiger partial charge in [-0.15, -0.1) is 0 Å². The first-order valence-corrected chi connectivity index (χ1v) is 8.71. The van der Waals surface area contributed by atoms with Crippen molar-refractivity contribution >= 4 is 28.9 Å². The number of carbonyl (C=O) groups is 2. The molecule has 146 valence electrons. The molecule has 2 rings (SSSR count). The SMILES string of the molecule is C/C(=N/NC(=O)CCC(=O)Nc1ccc(C)c(C)c1)c1ccc([N+](=O)[O-])cc1. The van der Waals surface area contributed by atoms with Gasteiger partial charge in [-0.25, -0.2) is 5.43 Å². The fourth-order valence-corrected chi connectivity index (χ4v) is 2.36. The Bertz CT molecular complexity index is 920. The Hall–Kier alpha value is -3.55. The zero-order chi connectivity index (χ0) is 20.7. The lowest BCUT2D eigenvalue weighted by Crippen LogP contribution is -2.21. The minimum Gasteiger partial charge on any atom is -0.326 e. The predicted molar refractivity (Wildman–Crippen MR) is 107 cm³/mol. The zero-order valence-corrected chi connectivity index (χ0v) is 16.0. The van der Waals surface area contributed by atoms with Crippen LogP contribution >= 0.6 is 0 Å². The molecule has 28 heavy (non-hydrogen) atoms. The first-order valence-electron chi connectivity index (χ1n) is 8.71. The van der Waals surface area contributed by atoms with E-state index in [2.05, 4.69) is 15.8 Å². The fraction of sp³-hybridized carbons (Fsp3) is 0.250. The molecule has 0 aliphatic carbocycles. The Morgan fingerprint density at radius 1 is 1.00 bits per heavy atom. The molecule has 0 unspecified atom stereocenters. The maximum absolute atomic E-state index is 12.0. The summed E-state index contributed by atoms with van der Waals surface area (Å²) in [6, 6.07) is 11.5. The van der Waals surface area contributed by atoms with E-state index in [1.807, 2.05) is 32.0 Å². The Labute approximate surface area is 162 Å². The molecular formula is C20H22N4O4. The Morgan fingerprint density at radius 3 is 2.25 bits per heavy atom. The van der Waals surface area contributed by atoms with Crippen molar-refractivity contribution in [1.82, 2.24) is 5.43 Å². The van der Waals surface area contributed by atoms with E-state index in [0.29, 0.717) is 17.0 Å². The number of non-ortho nitro benzene ring substituents is 1. The Balaban J connectivity index is 1.82. The minimum atomic E-state index is -0.485. The summed E-state index contributed by atoms with van der Waals surface area (Å²) < 4.78 is 0. The average Bonchev–Trinajstić information content (AvgIpc) is 2.67. The van der Waals surface area contributed by atoms with Gasteiger partial charge in [0.15, 0.2) is 0 Å². The van der Waals surface area contributed by atoms with Crippen LogP contribution < -0.4 is 10.7 Å². The molecule has 2 N–H and O–H groups in total. The molecule has 8 heteroatoms. The van der Waals surface area contributed by atoms with Gasteiger partial charge in [-0.1, -0.05) is 6.07 Å². The van der Waals surface area contributed by atoms with Gasteiger partial charge in [-0.05, 0) is 61.7 Å². The monoisotopic (exact) mass is 382 g/mol. The highest BCUT2D eigenvalue weighted by molar-refractivity contribution is 5.99. The van der Waals surface area contributed by atoms with Crippen LogP contribution in [0.15, 0.2) is 47.6 Å². The lowest BCUT2D eigenvalue weighted by Gasteiger charge is -2.07. The Kier molecular flexibility index (Phi) is 6.97. The van der Waals surface area contributed by atoms with Gasteiger partial charge in [0.05, 0.1) is 10.6 Å². The number of rotatable bonds is 7. The second kappa shape index (κ2) is 9.40. The van der Waals surface area contributed by atoms with Gasteiger partial charge < -0.3 is 5.32 Å². The number of nitrogens with one attached hydrogen (secondary N) is 2. The highest BCUT2D eigenvalue weighted by Gasteiger charge is 2.09. The van der Waals surface area contributed by atoms with Crippen LogP contribution in [-0.2, 0) is 9.59 Å². The van der Waals surface area contributed by atoms with Crippen molar-refractivity contribution in [3.8, 4) is 0 Å². The minimum absolute atomic E-state index is 0.00623. The number of hydrazone groups is 1. The van der Waals surface area contributed by atoms with E-state index in [-0.39, 0.29) is 24.4 Å². The first kappa shape index (κ1) is 20.8. The molecule has 0 heterocycles. The standard InChI is InChI=1S/C20H22N4O4/c1-13-4-7-17(12-14(13)2)21-19(25)10-11-20(26)23-22-15(3)16-5-8-18(9-6-16)24(27)28/h4-9,12H,10-11H2,1-3H3,(H,21,25)(H,23,26)/b22-15-. The molecule has 8 nitrogen and oxygen atoms in total. The van der Waals surface area contributed by atoms with E-state index in [1.54, 1.807) is 19.1 Å². The lowest BCUT2D eigenvalue weighted by molar-refractivity contribution is -0.384. The Morgan fingerprint density at radius 2 is 1.64 bits per heavy atom. The van der Waals surface area contributed by atoms with Gasteiger partial charge in [0.1, 0.15) is 0 Å². The number of benzene rings is 2. The summed E-state index contributed by atoms with van der Waals surface area (Å²) in [5.41, 5.74) is 6.43. The van der Waals surface area contributed by atoms with Crippen molar-refractivity contribution in [2.24, 2.45) is 5.10 Å². The van der Waals surface area contributed by atoms with Crippen molar-refractivity contribution in [3.63, 3.8) is 0 Å². The molecule has 0 fully saturated rings. The number of carbonyl (C=O) groups excluding carboxylic acids is 2. The maximum atomic E-state index is 12.0. The molecule has 0 spiro atoms. The molecule has 2 amide bonds. The summed E-state index contributed by atoms with van der Waals surface area (Å²) in [6.07, 6.45) is 0.0264. The molecule has 0 atom stereocenters. The molecule has 2 aromatic rings. The number of hydrogen-bond acceptors (Lipinski definition) is 5. The molecule has 0 aliphatic rings. The van der Waals surface area contributed by atoms with Gasteiger partial charge >= 0.3 is 0 Å². The molecule has 0 saturated carbocycles. The second-order valence-corrected chi connectivity index (χ2v) is 6.38. The largest absolute Gasteiger partial charge is 0.326 e. The highest BCUT2D eigenvalue weighted by atomic mass is 16.6. The molecular weight excluding hydrogens is 360 g/mol. The molecule has 2 aromatic carbocycles. The summed E-state index contributed by atoms with van der Waals surface area (Å²) >= 11 is 0. The third-order valence-corrected chi connectivity index (χ3v) is 4.21. The number of anilines is 1. The predicted octanol–water partition coefficient (Wildman–Crippen LogP) is 3.47. The van der Waals surface area contributed by atoms with Crippen LogP contribution in [0.2, 0.25) is 0 Å². The van der Waals surface area contributed by atoms with Crippen LogP contribution in [0.3, 0.4) is 0 Å². The smallest absolute Gasteiger partial charge is 0.269 e. The van der Waals surface area contributed by atoms with E-state index < -0.39 is 10.8 Å². The first-order chi connectivity index (χ1) is 13.3. The van der Waals surface area contributed by atoms with E-state index in [9.17, 15) is 19.7 Å². The fourth-order valence-electron chi connectivity index (χ4n) is 2.36. The summed E-state index contributed by atoms with van der Waals surface area (Å²) in [4.78, 5) is 34.0. The van der Waals surface area contributed by atoms with Crippen molar-refractivity contribution < 1.29 is 14.5 Å². The summed E-state index contributed by atoms with van der Waals surface area (Å²) in [6.45, 7) is 5.63. The normalized spacial score (nSPS) is 11.0. The third-order valence-electron chi connectivity index (χ3n) is 4.21. The number of amides is 2. The summed E-state index contributed by atoms with van der Waals surface area (Å²) in [5, 5.41) is 17.4. The van der Waals surface area contributed by atoms with Crippen LogP contribution in [0.5, 0.6) is 0 Å². The van der Waals surface area contributed by atoms with E-state index in [4.69, 9.17) is 0 Å². The van der Waals surface area contributed by atoms with Gasteiger partial charge in [0.2, 0.25) is 11.8 Å². The van der Waals surface area contributed by atoms with Gasteiger partial charge in [-0.3, -0.25) is 19.7 Å². The summed E-state index contributed by atoms with van der Waals surface area (Å²) in [7, 11) is 0. The van der Waals surface area contributed by atoms with Crippen LogP contribution in [0.4, 0.5) is 11.4 Å². The number of aryl methyl sites for hydroxylation is 2. The van der Waals surface area contributed by atoms with E-state index >= 15 is 0 Å². The van der Waals surface area contributed by atoms with Crippen LogP contribution in [-0.4, -0.2) is 22.4 Å². The number of nitro benzene ring substituents is 1. The molecule has 0 aliphatic heterocycles. The van der Waals surface area contributed by atoms with Crippen molar-refractivity contribution in [3.05, 3.63) is 69.3 Å². The van der Waals surface area contributed by atoms with Crippen molar-refractivity contribution in [1.29, 1.82) is 0 Å². The summed E-state index contributed by atoms with van der Waals surface area (Å²) in [5.74, 6) is -0.647. The maximum Gasteiger partial charge on any atom is 0.269 e. The van der Waals surface area contributed by atoms with Crippen LogP contribution in [0.1, 0.15) is 36.5 Å². The van der Waals surface area contributed by atoms with Crippen molar-refractivity contribution in [2.75, 3.05) is 5.32 Å². The third kappa shape index (κ3) is 6.01. The van der Waals surface area contributed by atoms with E-state index in [1.165, 1.54) is 12.1 Å². The average molecular weight is 382 g/mol. The van der Waals surface area contributed by atoms with Gasteiger partial charge in [0.25, 0.3) is 5.69 Å². The number of nitrogens with zero attached hydrogens (tertiary/aromatic N) is 2. The topological polar surface area (TPSA) is 114 Å². The number of hydrogen-bond donors (Lipinski definition) is 2. The molecule has 0 bridgehead atoms. The van der Waals surface area contributed by atoms with E-state index in [0.717, 1.165) is 11.1 Å². The van der Waals surface area contributed by atoms with Gasteiger partial charge in [0, 0.05) is 30.7 Å². The second-order valence-electron chi connectivity index (χ2n) is 6.38. The highest BCUT2D eigenvalue weighted by Crippen LogP contribution is 2.15. The van der Waals surface area contributed by atoms with Gasteiger partial charge in [-0.2, -0.15) is 5.10 Å². The molecule has 0 radical (unpaired) electrons.